The predicted octanol–water partition coefficient (Wildman–Crippen LogP) is 1.33. The van der Waals surface area contributed by atoms with Crippen LogP contribution in [0.3, 0.4) is 0 Å². The van der Waals surface area contributed by atoms with Crippen LogP contribution in [0.1, 0.15) is 20.8 Å². The lowest BCUT2D eigenvalue weighted by Gasteiger charge is -2.36. The van der Waals surface area contributed by atoms with Crippen molar-refractivity contribution in [2.24, 2.45) is 5.92 Å². The molecule has 0 atom stereocenters. The van der Waals surface area contributed by atoms with E-state index in [1.165, 1.54) is 0 Å². The SMILES string of the molecule is CCN1CCN(C(=O)N(C)CC(C)C)CC1. The van der Waals surface area contributed by atoms with Gasteiger partial charge in [-0.2, -0.15) is 0 Å². The number of urea groups is 1. The van der Waals surface area contributed by atoms with Gasteiger partial charge >= 0.3 is 6.03 Å². The average Bonchev–Trinajstić information content (AvgIpc) is 2.27. The summed E-state index contributed by atoms with van der Waals surface area (Å²) < 4.78 is 0. The molecule has 2 amide bonds. The van der Waals surface area contributed by atoms with Gasteiger partial charge in [0, 0.05) is 39.8 Å². The lowest BCUT2D eigenvalue weighted by molar-refractivity contribution is 0.118. The van der Waals surface area contributed by atoms with E-state index in [2.05, 4.69) is 25.7 Å². The molecule has 0 aromatic heterocycles. The van der Waals surface area contributed by atoms with Crippen LogP contribution in [0.5, 0.6) is 0 Å². The summed E-state index contributed by atoms with van der Waals surface area (Å²) in [5, 5.41) is 0. The van der Waals surface area contributed by atoms with Crippen LogP contribution in [0.25, 0.3) is 0 Å². The topological polar surface area (TPSA) is 26.8 Å². The summed E-state index contributed by atoms with van der Waals surface area (Å²) in [4.78, 5) is 18.2. The molecule has 0 unspecified atom stereocenters. The van der Waals surface area contributed by atoms with Crippen LogP contribution < -0.4 is 0 Å². The third-order valence-electron chi connectivity index (χ3n) is 3.06. The van der Waals surface area contributed by atoms with E-state index < -0.39 is 0 Å². The number of likely N-dealkylation sites (N-methyl/N-ethyl adjacent to an activating group) is 1. The fraction of sp³-hybridized carbons (Fsp3) is 0.917. The van der Waals surface area contributed by atoms with Crippen LogP contribution in [0.15, 0.2) is 0 Å². The number of carbonyl (C=O) groups is 1. The maximum Gasteiger partial charge on any atom is 0.319 e. The van der Waals surface area contributed by atoms with Gasteiger partial charge in [0.25, 0.3) is 0 Å². The van der Waals surface area contributed by atoms with E-state index >= 15 is 0 Å². The molecule has 16 heavy (non-hydrogen) atoms. The van der Waals surface area contributed by atoms with E-state index in [1.54, 1.807) is 0 Å². The Kier molecular flexibility index (Phi) is 5.06. The Balaban J connectivity index is 2.38. The molecule has 0 radical (unpaired) electrons. The summed E-state index contributed by atoms with van der Waals surface area (Å²) in [6, 6.07) is 0.185. The van der Waals surface area contributed by atoms with Crippen molar-refractivity contribution in [1.29, 1.82) is 0 Å². The maximum atomic E-state index is 12.1. The summed E-state index contributed by atoms with van der Waals surface area (Å²) in [7, 11) is 1.90. The molecule has 1 saturated heterocycles. The van der Waals surface area contributed by atoms with Gasteiger partial charge < -0.3 is 14.7 Å². The van der Waals surface area contributed by atoms with Gasteiger partial charge in [-0.15, -0.1) is 0 Å². The van der Waals surface area contributed by atoms with Crippen molar-refractivity contribution < 1.29 is 4.79 Å². The molecule has 0 aliphatic carbocycles. The number of amides is 2. The monoisotopic (exact) mass is 227 g/mol. The predicted molar refractivity (Wildman–Crippen MR) is 66.6 cm³/mol. The van der Waals surface area contributed by atoms with E-state index in [4.69, 9.17) is 0 Å². The first-order valence-electron chi connectivity index (χ1n) is 6.27. The molecule has 4 nitrogen and oxygen atoms in total. The minimum Gasteiger partial charge on any atom is -0.327 e. The molecule has 0 saturated carbocycles. The second-order valence-electron chi connectivity index (χ2n) is 4.98. The first-order chi connectivity index (χ1) is 7.54. The van der Waals surface area contributed by atoms with E-state index in [-0.39, 0.29) is 6.03 Å². The number of piperazine rings is 1. The van der Waals surface area contributed by atoms with Crippen LogP contribution in [0.4, 0.5) is 4.79 Å². The van der Waals surface area contributed by atoms with E-state index in [0.717, 1.165) is 39.3 Å². The second-order valence-corrected chi connectivity index (χ2v) is 4.98. The van der Waals surface area contributed by atoms with Crippen molar-refractivity contribution in [3.63, 3.8) is 0 Å². The molecule has 4 heteroatoms. The molecule has 94 valence electrons. The molecular formula is C12H25N3O. The van der Waals surface area contributed by atoms with E-state index in [1.807, 2.05) is 16.8 Å². The van der Waals surface area contributed by atoms with Gasteiger partial charge in [-0.3, -0.25) is 0 Å². The Morgan fingerprint density at radius 2 is 1.81 bits per heavy atom. The summed E-state index contributed by atoms with van der Waals surface area (Å²) in [6.07, 6.45) is 0. The normalized spacial score (nSPS) is 17.9. The Morgan fingerprint density at radius 3 is 2.25 bits per heavy atom. The average molecular weight is 227 g/mol. The molecule has 1 aliphatic heterocycles. The summed E-state index contributed by atoms with van der Waals surface area (Å²) in [6.45, 7) is 12.1. The number of carbonyl (C=O) groups excluding carboxylic acids is 1. The fourth-order valence-corrected chi connectivity index (χ4v) is 2.12. The van der Waals surface area contributed by atoms with Crippen LogP contribution in [-0.4, -0.2) is 67.0 Å². The minimum atomic E-state index is 0.185. The molecule has 0 aromatic carbocycles. The fourth-order valence-electron chi connectivity index (χ4n) is 2.12. The zero-order valence-corrected chi connectivity index (χ0v) is 11.1. The van der Waals surface area contributed by atoms with Gasteiger partial charge in [0.15, 0.2) is 0 Å². The number of nitrogens with zero attached hydrogens (tertiary/aromatic N) is 3. The second kappa shape index (κ2) is 6.09. The van der Waals surface area contributed by atoms with Gasteiger partial charge in [-0.25, -0.2) is 4.79 Å². The van der Waals surface area contributed by atoms with Crippen LogP contribution in [-0.2, 0) is 0 Å². The Hall–Kier alpha value is -0.770. The molecule has 1 heterocycles. The standard InChI is InChI=1S/C12H25N3O/c1-5-14-6-8-15(9-7-14)12(16)13(4)10-11(2)3/h11H,5-10H2,1-4H3. The Labute approximate surface area is 99.2 Å². The van der Waals surface area contributed by atoms with Crippen molar-refractivity contribution in [3.05, 3.63) is 0 Å². The van der Waals surface area contributed by atoms with E-state index in [0.29, 0.717) is 5.92 Å². The Bertz CT molecular complexity index is 222. The van der Waals surface area contributed by atoms with Crippen LogP contribution >= 0.6 is 0 Å². The van der Waals surface area contributed by atoms with E-state index in [9.17, 15) is 4.79 Å². The maximum absolute atomic E-state index is 12.1. The highest BCUT2D eigenvalue weighted by atomic mass is 16.2. The van der Waals surface area contributed by atoms with Crippen molar-refractivity contribution in [2.75, 3.05) is 46.3 Å². The number of hydrogen-bond donors (Lipinski definition) is 0. The third-order valence-corrected chi connectivity index (χ3v) is 3.06. The molecular weight excluding hydrogens is 202 g/mol. The minimum absolute atomic E-state index is 0.185. The molecule has 0 bridgehead atoms. The van der Waals surface area contributed by atoms with Crippen LogP contribution in [0, 0.1) is 5.92 Å². The summed E-state index contributed by atoms with van der Waals surface area (Å²) in [5.74, 6) is 0.533. The molecule has 0 aromatic rings. The lowest BCUT2D eigenvalue weighted by Crippen LogP contribution is -2.52. The van der Waals surface area contributed by atoms with Gasteiger partial charge in [-0.1, -0.05) is 20.8 Å². The molecule has 1 fully saturated rings. The zero-order valence-electron chi connectivity index (χ0n) is 11.1. The highest BCUT2D eigenvalue weighted by Gasteiger charge is 2.22. The van der Waals surface area contributed by atoms with Gasteiger partial charge in [0.1, 0.15) is 0 Å². The van der Waals surface area contributed by atoms with Gasteiger partial charge in [0.2, 0.25) is 0 Å². The first-order valence-corrected chi connectivity index (χ1v) is 6.27. The molecule has 1 rings (SSSR count). The number of hydrogen-bond acceptors (Lipinski definition) is 2. The largest absolute Gasteiger partial charge is 0.327 e. The quantitative estimate of drug-likeness (QED) is 0.727. The highest BCUT2D eigenvalue weighted by Crippen LogP contribution is 2.06. The summed E-state index contributed by atoms with van der Waals surface area (Å²) >= 11 is 0. The van der Waals surface area contributed by atoms with Crippen molar-refractivity contribution in [3.8, 4) is 0 Å². The lowest BCUT2D eigenvalue weighted by atomic mass is 10.2. The van der Waals surface area contributed by atoms with Crippen molar-refractivity contribution in [1.82, 2.24) is 14.7 Å². The smallest absolute Gasteiger partial charge is 0.319 e. The first kappa shape index (κ1) is 13.3. The molecule has 0 spiro atoms. The molecule has 1 aliphatic rings. The Morgan fingerprint density at radius 1 is 1.25 bits per heavy atom. The molecule has 0 N–H and O–H groups in total. The van der Waals surface area contributed by atoms with Gasteiger partial charge in [0.05, 0.1) is 0 Å². The third kappa shape index (κ3) is 3.67. The number of rotatable bonds is 3. The van der Waals surface area contributed by atoms with Crippen molar-refractivity contribution >= 4 is 6.03 Å². The van der Waals surface area contributed by atoms with Gasteiger partial charge in [-0.05, 0) is 12.5 Å². The van der Waals surface area contributed by atoms with Crippen LogP contribution in [0.2, 0.25) is 0 Å². The zero-order chi connectivity index (χ0) is 12.1. The van der Waals surface area contributed by atoms with Crippen molar-refractivity contribution in [2.45, 2.75) is 20.8 Å². The highest BCUT2D eigenvalue weighted by molar-refractivity contribution is 5.74. The summed E-state index contributed by atoms with van der Waals surface area (Å²) in [5.41, 5.74) is 0.